The van der Waals surface area contributed by atoms with Crippen LogP contribution in [0.5, 0.6) is 5.75 Å². The highest BCUT2D eigenvalue weighted by Crippen LogP contribution is 2.45. The molecule has 0 N–H and O–H groups in total. The minimum absolute atomic E-state index is 0.0948. The molecule has 1 aliphatic heterocycles. The van der Waals surface area contributed by atoms with E-state index < -0.39 is 0 Å². The van der Waals surface area contributed by atoms with Gasteiger partial charge in [-0.3, -0.25) is 4.79 Å². The molecule has 0 amide bonds. The van der Waals surface area contributed by atoms with Crippen LogP contribution < -0.4 is 4.74 Å². The highest BCUT2D eigenvalue weighted by molar-refractivity contribution is 5.72. The molecule has 0 fully saturated rings. The molecule has 2 heterocycles. The van der Waals surface area contributed by atoms with Crippen LogP contribution in [0.3, 0.4) is 0 Å². The Labute approximate surface area is 173 Å². The number of carbonyl (C=O) groups is 1. The van der Waals surface area contributed by atoms with Crippen molar-refractivity contribution >= 4 is 5.97 Å². The normalized spacial score (nSPS) is 16.8. The van der Waals surface area contributed by atoms with Crippen molar-refractivity contribution in [3.8, 4) is 17.6 Å². The van der Waals surface area contributed by atoms with E-state index in [1.54, 1.807) is 13.1 Å². The molecule has 0 aliphatic carbocycles. The van der Waals surface area contributed by atoms with E-state index in [0.29, 0.717) is 12.3 Å². The Kier molecular flexibility index (Phi) is 6.59. The summed E-state index contributed by atoms with van der Waals surface area (Å²) in [7, 11) is 0. The standard InChI is InChI=1S/C25H29NO3/c1-5-25(6-2)16-21(29-23-14-18(4)8-13-22(23)25)12-11-20-10-9-19(17-26-20)15-24(27)28-7-3/h8-10,13-14,17,21H,5-7,15-16H2,1-4H3. The van der Waals surface area contributed by atoms with E-state index in [-0.39, 0.29) is 23.9 Å². The zero-order chi connectivity index (χ0) is 20.9. The average Bonchev–Trinajstić information content (AvgIpc) is 2.72. The summed E-state index contributed by atoms with van der Waals surface area (Å²) < 4.78 is 11.2. The number of carbonyl (C=O) groups excluding carboxylic acids is 1. The molecule has 1 aromatic carbocycles. The summed E-state index contributed by atoms with van der Waals surface area (Å²) in [6, 6.07) is 10.2. The van der Waals surface area contributed by atoms with Crippen molar-refractivity contribution in [3.05, 3.63) is 58.9 Å². The molecule has 4 heteroatoms. The van der Waals surface area contributed by atoms with Crippen LogP contribution in [0.25, 0.3) is 0 Å². The molecular weight excluding hydrogens is 362 g/mol. The maximum atomic E-state index is 11.6. The van der Waals surface area contributed by atoms with Gasteiger partial charge in [-0.1, -0.05) is 38.0 Å². The number of hydrogen-bond donors (Lipinski definition) is 0. The molecule has 0 radical (unpaired) electrons. The minimum Gasteiger partial charge on any atom is -0.477 e. The summed E-state index contributed by atoms with van der Waals surface area (Å²) >= 11 is 0. The number of ether oxygens (including phenoxy) is 2. The first-order valence-electron chi connectivity index (χ1n) is 10.4. The number of aromatic nitrogens is 1. The van der Waals surface area contributed by atoms with E-state index >= 15 is 0 Å². The van der Waals surface area contributed by atoms with Gasteiger partial charge in [-0.2, -0.15) is 0 Å². The lowest BCUT2D eigenvalue weighted by Crippen LogP contribution is -2.37. The SMILES string of the molecule is CCOC(=O)Cc1ccc(C#CC2CC(CC)(CC)c3ccc(C)cc3O2)nc1. The topological polar surface area (TPSA) is 48.4 Å². The van der Waals surface area contributed by atoms with Gasteiger partial charge in [0.25, 0.3) is 0 Å². The summed E-state index contributed by atoms with van der Waals surface area (Å²) in [5, 5.41) is 0. The molecule has 1 aliphatic rings. The van der Waals surface area contributed by atoms with Crippen LogP contribution in [0.4, 0.5) is 0 Å². The Morgan fingerprint density at radius 1 is 1.24 bits per heavy atom. The summed E-state index contributed by atoms with van der Waals surface area (Å²) in [4.78, 5) is 16.0. The van der Waals surface area contributed by atoms with Crippen molar-refractivity contribution in [2.24, 2.45) is 0 Å². The maximum absolute atomic E-state index is 11.6. The molecule has 1 unspecified atom stereocenters. The first-order chi connectivity index (χ1) is 14.0. The van der Waals surface area contributed by atoms with E-state index in [2.05, 4.69) is 55.8 Å². The molecular formula is C25H29NO3. The van der Waals surface area contributed by atoms with Gasteiger partial charge in [0.15, 0.2) is 6.10 Å². The molecule has 2 aromatic rings. The Hall–Kier alpha value is -2.80. The molecule has 3 rings (SSSR count). The second-order valence-electron chi connectivity index (χ2n) is 7.60. The van der Waals surface area contributed by atoms with E-state index in [1.165, 1.54) is 11.1 Å². The number of aryl methyl sites for hydroxylation is 1. The first kappa shape index (κ1) is 20.9. The first-order valence-corrected chi connectivity index (χ1v) is 10.4. The van der Waals surface area contributed by atoms with Gasteiger partial charge < -0.3 is 9.47 Å². The van der Waals surface area contributed by atoms with Gasteiger partial charge in [0.1, 0.15) is 11.4 Å². The number of rotatable bonds is 5. The van der Waals surface area contributed by atoms with Gasteiger partial charge in [0.05, 0.1) is 13.0 Å². The van der Waals surface area contributed by atoms with E-state index in [9.17, 15) is 4.79 Å². The second kappa shape index (κ2) is 9.13. The van der Waals surface area contributed by atoms with Crippen LogP contribution in [0.15, 0.2) is 36.5 Å². The lowest BCUT2D eigenvalue weighted by molar-refractivity contribution is -0.142. The highest BCUT2D eigenvalue weighted by Gasteiger charge is 2.38. The van der Waals surface area contributed by atoms with Crippen LogP contribution in [0.1, 0.15) is 62.4 Å². The zero-order valence-corrected chi connectivity index (χ0v) is 17.7. The molecule has 0 bridgehead atoms. The number of hydrogen-bond acceptors (Lipinski definition) is 4. The van der Waals surface area contributed by atoms with E-state index in [1.807, 2.05) is 12.1 Å². The summed E-state index contributed by atoms with van der Waals surface area (Å²) in [5.41, 5.74) is 4.08. The van der Waals surface area contributed by atoms with Gasteiger partial charge in [0.2, 0.25) is 0 Å². The van der Waals surface area contributed by atoms with Gasteiger partial charge in [-0.25, -0.2) is 4.98 Å². The molecule has 1 atom stereocenters. The molecule has 29 heavy (non-hydrogen) atoms. The third-order valence-electron chi connectivity index (χ3n) is 5.75. The number of pyridine rings is 1. The van der Waals surface area contributed by atoms with Gasteiger partial charge >= 0.3 is 5.97 Å². The van der Waals surface area contributed by atoms with Crippen molar-refractivity contribution in [1.29, 1.82) is 0 Å². The van der Waals surface area contributed by atoms with Crippen LogP contribution in [-0.2, 0) is 21.4 Å². The number of fused-ring (bicyclic) bond motifs is 1. The summed E-state index contributed by atoms with van der Waals surface area (Å²) in [6.07, 6.45) is 4.74. The molecule has 1 aromatic heterocycles. The number of nitrogens with zero attached hydrogens (tertiary/aromatic N) is 1. The van der Waals surface area contributed by atoms with Crippen molar-refractivity contribution in [3.63, 3.8) is 0 Å². The lowest BCUT2D eigenvalue weighted by Gasteiger charge is -2.40. The smallest absolute Gasteiger partial charge is 0.310 e. The number of esters is 1. The molecule has 0 spiro atoms. The number of benzene rings is 1. The highest BCUT2D eigenvalue weighted by atomic mass is 16.5. The zero-order valence-electron chi connectivity index (χ0n) is 17.7. The van der Waals surface area contributed by atoms with Crippen LogP contribution >= 0.6 is 0 Å². The summed E-state index contributed by atoms with van der Waals surface area (Å²) in [5.74, 6) is 7.14. The van der Waals surface area contributed by atoms with Crippen molar-refractivity contribution in [2.75, 3.05) is 6.61 Å². The summed E-state index contributed by atoms with van der Waals surface area (Å²) in [6.45, 7) is 8.75. The van der Waals surface area contributed by atoms with Crippen LogP contribution in [0.2, 0.25) is 0 Å². The minimum atomic E-state index is -0.242. The molecule has 0 saturated heterocycles. The fraction of sp³-hybridized carbons (Fsp3) is 0.440. The van der Waals surface area contributed by atoms with Crippen LogP contribution in [0, 0.1) is 18.8 Å². The molecule has 4 nitrogen and oxygen atoms in total. The van der Waals surface area contributed by atoms with E-state index in [4.69, 9.17) is 9.47 Å². The van der Waals surface area contributed by atoms with Gasteiger partial charge in [0, 0.05) is 23.6 Å². The Balaban J connectivity index is 1.78. The molecule has 152 valence electrons. The second-order valence-corrected chi connectivity index (χ2v) is 7.60. The Morgan fingerprint density at radius 3 is 2.69 bits per heavy atom. The predicted molar refractivity (Wildman–Crippen MR) is 114 cm³/mol. The third-order valence-corrected chi connectivity index (χ3v) is 5.75. The predicted octanol–water partition coefficient (Wildman–Crippen LogP) is 4.76. The van der Waals surface area contributed by atoms with Gasteiger partial charge in [-0.15, -0.1) is 0 Å². The quantitative estimate of drug-likeness (QED) is 0.545. The fourth-order valence-electron chi connectivity index (χ4n) is 3.96. The molecule has 0 saturated carbocycles. The van der Waals surface area contributed by atoms with Crippen molar-refractivity contribution in [1.82, 2.24) is 4.98 Å². The van der Waals surface area contributed by atoms with E-state index in [0.717, 1.165) is 30.6 Å². The monoisotopic (exact) mass is 391 g/mol. The van der Waals surface area contributed by atoms with Crippen molar-refractivity contribution in [2.45, 2.75) is 64.9 Å². The fourth-order valence-corrected chi connectivity index (χ4v) is 3.96. The lowest BCUT2D eigenvalue weighted by atomic mass is 9.70. The Morgan fingerprint density at radius 2 is 2.03 bits per heavy atom. The van der Waals surface area contributed by atoms with Gasteiger partial charge in [-0.05, 0) is 55.9 Å². The maximum Gasteiger partial charge on any atom is 0.310 e. The average molecular weight is 392 g/mol. The van der Waals surface area contributed by atoms with Crippen LogP contribution in [-0.4, -0.2) is 23.7 Å². The third kappa shape index (κ3) is 4.79. The van der Waals surface area contributed by atoms with Crippen molar-refractivity contribution < 1.29 is 14.3 Å². The largest absolute Gasteiger partial charge is 0.477 e. The Bertz CT molecular complexity index is 917.